The van der Waals surface area contributed by atoms with Gasteiger partial charge in [0.2, 0.25) is 0 Å². The van der Waals surface area contributed by atoms with Crippen LogP contribution in [0.4, 0.5) is 8.78 Å². The predicted octanol–water partition coefficient (Wildman–Crippen LogP) is 1.63. The van der Waals surface area contributed by atoms with Gasteiger partial charge in [0.15, 0.2) is 0 Å². The number of carbonyl (C=O) groups is 1. The van der Waals surface area contributed by atoms with Gasteiger partial charge in [-0.2, -0.15) is 8.78 Å². The van der Waals surface area contributed by atoms with Crippen LogP contribution in [0.2, 0.25) is 0 Å². The maximum atomic E-state index is 12.0. The first-order valence-electron chi connectivity index (χ1n) is 5.67. The van der Waals surface area contributed by atoms with Gasteiger partial charge in [-0.05, 0) is 24.7 Å². The van der Waals surface area contributed by atoms with Gasteiger partial charge in [0.25, 0.3) is 5.91 Å². The summed E-state index contributed by atoms with van der Waals surface area (Å²) in [5, 5.41) is 5.72. The van der Waals surface area contributed by atoms with Crippen LogP contribution in [0, 0.1) is 0 Å². The number of hydrogen-bond acceptors (Lipinski definition) is 3. The van der Waals surface area contributed by atoms with E-state index in [-0.39, 0.29) is 11.7 Å². The van der Waals surface area contributed by atoms with Crippen LogP contribution in [-0.4, -0.2) is 32.2 Å². The van der Waals surface area contributed by atoms with Gasteiger partial charge < -0.3 is 15.4 Å². The number of hydrogen-bond donors (Lipinski definition) is 2. The second kappa shape index (κ2) is 7.60. The van der Waals surface area contributed by atoms with E-state index >= 15 is 0 Å². The van der Waals surface area contributed by atoms with Crippen LogP contribution in [0.5, 0.6) is 5.75 Å². The Morgan fingerprint density at radius 3 is 2.83 bits per heavy atom. The topological polar surface area (TPSA) is 50.4 Å². The molecule has 1 rings (SSSR count). The summed E-state index contributed by atoms with van der Waals surface area (Å²) in [4.78, 5) is 11.7. The van der Waals surface area contributed by atoms with Crippen LogP contribution < -0.4 is 15.4 Å². The first kappa shape index (κ1) is 14.4. The van der Waals surface area contributed by atoms with E-state index in [1.165, 1.54) is 18.2 Å². The molecule has 1 aromatic carbocycles. The SMILES string of the molecule is CCNCCNC(=O)c1cccc(OC(F)F)c1. The predicted molar refractivity (Wildman–Crippen MR) is 64.0 cm³/mol. The minimum atomic E-state index is -2.89. The van der Waals surface area contributed by atoms with E-state index in [9.17, 15) is 13.6 Å². The monoisotopic (exact) mass is 258 g/mol. The Balaban J connectivity index is 2.51. The molecule has 0 bridgehead atoms. The van der Waals surface area contributed by atoms with Gasteiger partial charge in [0, 0.05) is 18.7 Å². The maximum Gasteiger partial charge on any atom is 0.387 e. The molecule has 0 radical (unpaired) electrons. The van der Waals surface area contributed by atoms with Crippen molar-refractivity contribution >= 4 is 5.91 Å². The Hall–Kier alpha value is -1.69. The molecule has 0 aromatic heterocycles. The van der Waals surface area contributed by atoms with E-state index in [1.807, 2.05) is 6.92 Å². The van der Waals surface area contributed by atoms with E-state index in [0.29, 0.717) is 18.7 Å². The minimum absolute atomic E-state index is 0.0238. The Bertz CT molecular complexity index is 386. The molecule has 0 aliphatic rings. The second-order valence-corrected chi connectivity index (χ2v) is 3.52. The van der Waals surface area contributed by atoms with Crippen LogP contribution in [0.25, 0.3) is 0 Å². The summed E-state index contributed by atoms with van der Waals surface area (Å²) in [7, 11) is 0. The fourth-order valence-corrected chi connectivity index (χ4v) is 1.36. The molecular weight excluding hydrogens is 242 g/mol. The molecule has 6 heteroatoms. The number of likely N-dealkylation sites (N-methyl/N-ethyl adjacent to an activating group) is 1. The van der Waals surface area contributed by atoms with Crippen LogP contribution in [0.1, 0.15) is 17.3 Å². The lowest BCUT2D eigenvalue weighted by molar-refractivity contribution is -0.0498. The third-order valence-corrected chi connectivity index (χ3v) is 2.16. The van der Waals surface area contributed by atoms with Gasteiger partial charge in [-0.25, -0.2) is 0 Å². The third kappa shape index (κ3) is 5.09. The van der Waals surface area contributed by atoms with Crippen LogP contribution >= 0.6 is 0 Å². The molecule has 0 aliphatic heterocycles. The zero-order chi connectivity index (χ0) is 13.4. The van der Waals surface area contributed by atoms with E-state index in [2.05, 4.69) is 15.4 Å². The average Bonchev–Trinajstić information content (AvgIpc) is 2.34. The molecule has 2 N–H and O–H groups in total. The quantitative estimate of drug-likeness (QED) is 0.731. The van der Waals surface area contributed by atoms with E-state index in [0.717, 1.165) is 6.54 Å². The van der Waals surface area contributed by atoms with Crippen molar-refractivity contribution < 1.29 is 18.3 Å². The highest BCUT2D eigenvalue weighted by Crippen LogP contribution is 2.15. The number of rotatable bonds is 7. The second-order valence-electron chi connectivity index (χ2n) is 3.52. The summed E-state index contributed by atoms with van der Waals surface area (Å²) in [6, 6.07) is 5.70. The third-order valence-electron chi connectivity index (χ3n) is 2.16. The zero-order valence-electron chi connectivity index (χ0n) is 10.1. The summed E-state index contributed by atoms with van der Waals surface area (Å²) >= 11 is 0. The average molecular weight is 258 g/mol. The lowest BCUT2D eigenvalue weighted by Gasteiger charge is -2.08. The highest BCUT2D eigenvalue weighted by molar-refractivity contribution is 5.94. The molecule has 0 saturated carbocycles. The number of halogens is 2. The number of carbonyl (C=O) groups excluding carboxylic acids is 1. The Morgan fingerprint density at radius 2 is 2.17 bits per heavy atom. The number of nitrogens with one attached hydrogen (secondary N) is 2. The van der Waals surface area contributed by atoms with Crippen LogP contribution in [0.15, 0.2) is 24.3 Å². The Morgan fingerprint density at radius 1 is 1.39 bits per heavy atom. The first-order chi connectivity index (χ1) is 8.63. The zero-order valence-corrected chi connectivity index (χ0v) is 10.1. The van der Waals surface area contributed by atoms with Gasteiger partial charge in [-0.15, -0.1) is 0 Å². The van der Waals surface area contributed by atoms with Crippen molar-refractivity contribution in [3.63, 3.8) is 0 Å². The highest BCUT2D eigenvalue weighted by Gasteiger charge is 2.08. The summed E-state index contributed by atoms with van der Waals surface area (Å²) < 4.78 is 28.2. The van der Waals surface area contributed by atoms with E-state index in [4.69, 9.17) is 0 Å². The van der Waals surface area contributed by atoms with E-state index < -0.39 is 6.61 Å². The van der Waals surface area contributed by atoms with Crippen molar-refractivity contribution in [2.24, 2.45) is 0 Å². The molecule has 1 amide bonds. The van der Waals surface area contributed by atoms with Crippen molar-refractivity contribution in [1.29, 1.82) is 0 Å². The smallest absolute Gasteiger partial charge is 0.387 e. The molecule has 0 spiro atoms. The number of benzene rings is 1. The standard InChI is InChI=1S/C12H16F2N2O2/c1-2-15-6-7-16-11(17)9-4-3-5-10(8-9)18-12(13)14/h3-5,8,12,15H,2,6-7H2,1H3,(H,16,17). The molecule has 18 heavy (non-hydrogen) atoms. The summed E-state index contributed by atoms with van der Waals surface area (Å²) in [6.07, 6.45) is 0. The van der Waals surface area contributed by atoms with Crippen LogP contribution in [0.3, 0.4) is 0 Å². The number of amides is 1. The van der Waals surface area contributed by atoms with Crippen molar-refractivity contribution in [2.75, 3.05) is 19.6 Å². The molecule has 0 saturated heterocycles. The summed E-state index contributed by atoms with van der Waals surface area (Å²) in [5.74, 6) is -0.336. The minimum Gasteiger partial charge on any atom is -0.435 e. The summed E-state index contributed by atoms with van der Waals surface area (Å²) in [6.45, 7) is 1.04. The van der Waals surface area contributed by atoms with Crippen molar-refractivity contribution in [2.45, 2.75) is 13.5 Å². The molecule has 0 fully saturated rings. The fraction of sp³-hybridized carbons (Fsp3) is 0.417. The van der Waals surface area contributed by atoms with Crippen molar-refractivity contribution in [1.82, 2.24) is 10.6 Å². The highest BCUT2D eigenvalue weighted by atomic mass is 19.3. The molecule has 1 aromatic rings. The van der Waals surface area contributed by atoms with E-state index in [1.54, 1.807) is 6.07 Å². The summed E-state index contributed by atoms with van der Waals surface area (Å²) in [5.41, 5.74) is 0.296. The fourth-order valence-electron chi connectivity index (χ4n) is 1.36. The normalized spacial score (nSPS) is 10.4. The molecule has 0 aliphatic carbocycles. The number of alkyl halides is 2. The van der Waals surface area contributed by atoms with Gasteiger partial charge in [0.05, 0.1) is 0 Å². The van der Waals surface area contributed by atoms with Crippen LogP contribution in [-0.2, 0) is 0 Å². The number of ether oxygens (including phenoxy) is 1. The lowest BCUT2D eigenvalue weighted by Crippen LogP contribution is -2.31. The van der Waals surface area contributed by atoms with Crippen molar-refractivity contribution in [3.05, 3.63) is 29.8 Å². The van der Waals surface area contributed by atoms with Crippen molar-refractivity contribution in [3.8, 4) is 5.75 Å². The first-order valence-corrected chi connectivity index (χ1v) is 5.67. The van der Waals surface area contributed by atoms with Gasteiger partial charge >= 0.3 is 6.61 Å². The molecule has 0 unspecified atom stereocenters. The molecule has 0 atom stereocenters. The van der Waals surface area contributed by atoms with Gasteiger partial charge in [-0.1, -0.05) is 13.0 Å². The van der Waals surface area contributed by atoms with Gasteiger partial charge in [0.1, 0.15) is 5.75 Å². The molecule has 4 nitrogen and oxygen atoms in total. The lowest BCUT2D eigenvalue weighted by atomic mass is 10.2. The van der Waals surface area contributed by atoms with Gasteiger partial charge in [-0.3, -0.25) is 4.79 Å². The maximum absolute atomic E-state index is 12.0. The Kier molecular flexibility index (Phi) is 6.07. The Labute approximate surface area is 104 Å². The molecule has 100 valence electrons. The largest absolute Gasteiger partial charge is 0.435 e. The molecule has 0 heterocycles. The molecular formula is C12H16F2N2O2.